The topological polar surface area (TPSA) is 67.9 Å². The van der Waals surface area contributed by atoms with Crippen LogP contribution in [-0.2, 0) is 4.79 Å². The van der Waals surface area contributed by atoms with Gasteiger partial charge in [-0.05, 0) is 68.8 Å². The van der Waals surface area contributed by atoms with Gasteiger partial charge in [0.15, 0.2) is 6.61 Å². The molecule has 0 aliphatic rings. The van der Waals surface area contributed by atoms with E-state index in [1.807, 2.05) is 32.9 Å². The minimum Gasteiger partial charge on any atom is -0.494 e. The van der Waals surface area contributed by atoms with Gasteiger partial charge in [-0.2, -0.15) is 0 Å². The van der Waals surface area contributed by atoms with Crippen LogP contribution < -0.4 is 14.8 Å². The normalized spacial score (nSPS) is 10.2. The first-order chi connectivity index (χ1) is 13.6. The lowest BCUT2D eigenvalue weighted by atomic mass is 10.2. The maximum Gasteiger partial charge on any atom is 0.262 e. The first-order valence-electron chi connectivity index (χ1n) is 9.62. The molecule has 0 spiro atoms. The highest BCUT2D eigenvalue weighted by molar-refractivity contribution is 5.96. The van der Waals surface area contributed by atoms with Gasteiger partial charge in [0.1, 0.15) is 11.5 Å². The van der Waals surface area contributed by atoms with E-state index in [-0.39, 0.29) is 18.4 Å². The number of amides is 2. The smallest absolute Gasteiger partial charge is 0.262 e. The SMILES string of the molecule is CCCOc1ccc(OCC(=O)Nc2ccc(C(=O)N(CC)CC)cc2)cc1. The summed E-state index contributed by atoms with van der Waals surface area (Å²) >= 11 is 0. The van der Waals surface area contributed by atoms with Crippen LogP contribution in [0.25, 0.3) is 0 Å². The summed E-state index contributed by atoms with van der Waals surface area (Å²) in [7, 11) is 0. The second kappa shape index (κ2) is 11.0. The predicted molar refractivity (Wildman–Crippen MR) is 110 cm³/mol. The Bertz CT molecular complexity index is 753. The van der Waals surface area contributed by atoms with Gasteiger partial charge in [0.05, 0.1) is 6.61 Å². The van der Waals surface area contributed by atoms with Crippen molar-refractivity contribution in [1.29, 1.82) is 0 Å². The van der Waals surface area contributed by atoms with Crippen LogP contribution in [0.5, 0.6) is 11.5 Å². The molecule has 2 aromatic carbocycles. The Labute approximate surface area is 166 Å². The Morgan fingerprint density at radius 3 is 1.96 bits per heavy atom. The van der Waals surface area contributed by atoms with Gasteiger partial charge in [-0.3, -0.25) is 9.59 Å². The lowest BCUT2D eigenvalue weighted by molar-refractivity contribution is -0.118. The molecular weight excluding hydrogens is 356 g/mol. The highest BCUT2D eigenvalue weighted by Gasteiger charge is 2.12. The van der Waals surface area contributed by atoms with Crippen LogP contribution in [0.2, 0.25) is 0 Å². The fourth-order valence-electron chi connectivity index (χ4n) is 2.59. The summed E-state index contributed by atoms with van der Waals surface area (Å²) in [5.74, 6) is 1.09. The summed E-state index contributed by atoms with van der Waals surface area (Å²) in [6.45, 7) is 7.83. The number of benzene rings is 2. The number of rotatable bonds is 10. The number of hydrogen-bond acceptors (Lipinski definition) is 4. The second-order valence-electron chi connectivity index (χ2n) is 6.21. The van der Waals surface area contributed by atoms with Gasteiger partial charge in [-0.1, -0.05) is 6.92 Å². The van der Waals surface area contributed by atoms with E-state index >= 15 is 0 Å². The Balaban J connectivity index is 1.83. The lowest BCUT2D eigenvalue weighted by Crippen LogP contribution is -2.30. The molecule has 28 heavy (non-hydrogen) atoms. The van der Waals surface area contributed by atoms with Crippen molar-refractivity contribution in [3.63, 3.8) is 0 Å². The van der Waals surface area contributed by atoms with Crippen molar-refractivity contribution in [3.05, 3.63) is 54.1 Å². The fraction of sp³-hybridized carbons (Fsp3) is 0.364. The maximum atomic E-state index is 12.3. The highest BCUT2D eigenvalue weighted by Crippen LogP contribution is 2.18. The molecule has 0 unspecified atom stereocenters. The van der Waals surface area contributed by atoms with Gasteiger partial charge >= 0.3 is 0 Å². The van der Waals surface area contributed by atoms with Crippen LogP contribution in [0, 0.1) is 0 Å². The van der Waals surface area contributed by atoms with Crippen molar-refractivity contribution in [1.82, 2.24) is 4.90 Å². The minimum absolute atomic E-state index is 0.0161. The highest BCUT2D eigenvalue weighted by atomic mass is 16.5. The number of nitrogens with one attached hydrogen (secondary N) is 1. The molecule has 0 bridgehead atoms. The van der Waals surface area contributed by atoms with Gasteiger partial charge in [0.25, 0.3) is 11.8 Å². The summed E-state index contributed by atoms with van der Waals surface area (Å²) in [4.78, 5) is 26.1. The quantitative estimate of drug-likeness (QED) is 0.673. The van der Waals surface area contributed by atoms with E-state index in [0.29, 0.717) is 36.7 Å². The zero-order valence-electron chi connectivity index (χ0n) is 16.7. The largest absolute Gasteiger partial charge is 0.494 e. The Morgan fingerprint density at radius 2 is 1.43 bits per heavy atom. The first-order valence-corrected chi connectivity index (χ1v) is 9.62. The van der Waals surface area contributed by atoms with Crippen molar-refractivity contribution in [3.8, 4) is 11.5 Å². The first kappa shape index (κ1) is 21.3. The summed E-state index contributed by atoms with van der Waals surface area (Å²) < 4.78 is 11.0. The molecule has 0 fully saturated rings. The van der Waals surface area contributed by atoms with Crippen molar-refractivity contribution in [2.45, 2.75) is 27.2 Å². The molecule has 0 saturated carbocycles. The van der Waals surface area contributed by atoms with Crippen LogP contribution in [0.1, 0.15) is 37.6 Å². The van der Waals surface area contributed by atoms with Gasteiger partial charge < -0.3 is 19.7 Å². The third-order valence-corrected chi connectivity index (χ3v) is 4.13. The molecule has 0 heterocycles. The molecular formula is C22H28N2O4. The molecule has 0 aliphatic carbocycles. The molecule has 2 rings (SSSR count). The molecule has 1 N–H and O–H groups in total. The number of carbonyl (C=O) groups excluding carboxylic acids is 2. The molecule has 0 aromatic heterocycles. The molecule has 150 valence electrons. The van der Waals surface area contributed by atoms with Crippen LogP contribution in [0.3, 0.4) is 0 Å². The fourth-order valence-corrected chi connectivity index (χ4v) is 2.59. The van der Waals surface area contributed by atoms with E-state index in [9.17, 15) is 9.59 Å². The van der Waals surface area contributed by atoms with Crippen molar-refractivity contribution < 1.29 is 19.1 Å². The predicted octanol–water partition coefficient (Wildman–Crippen LogP) is 3.97. The summed E-state index contributed by atoms with van der Waals surface area (Å²) in [6, 6.07) is 14.0. The third kappa shape index (κ3) is 6.30. The van der Waals surface area contributed by atoms with E-state index in [2.05, 4.69) is 5.32 Å². The van der Waals surface area contributed by atoms with Crippen molar-refractivity contribution >= 4 is 17.5 Å². The van der Waals surface area contributed by atoms with E-state index in [4.69, 9.17) is 9.47 Å². The van der Waals surface area contributed by atoms with Crippen LogP contribution in [0.15, 0.2) is 48.5 Å². The molecule has 0 aliphatic heterocycles. The zero-order chi connectivity index (χ0) is 20.4. The monoisotopic (exact) mass is 384 g/mol. The number of anilines is 1. The summed E-state index contributed by atoms with van der Waals surface area (Å²) in [5, 5.41) is 2.76. The standard InChI is InChI=1S/C22H28N2O4/c1-4-15-27-19-11-13-20(14-12-19)28-16-21(25)23-18-9-7-17(8-10-18)22(26)24(5-2)6-3/h7-14H,4-6,15-16H2,1-3H3,(H,23,25). The van der Waals surface area contributed by atoms with E-state index in [1.165, 1.54) is 0 Å². The van der Waals surface area contributed by atoms with Crippen molar-refractivity contribution in [2.75, 3.05) is 31.6 Å². The van der Waals surface area contributed by atoms with E-state index in [0.717, 1.165) is 12.2 Å². The molecule has 2 amide bonds. The van der Waals surface area contributed by atoms with Gasteiger partial charge in [-0.15, -0.1) is 0 Å². The summed E-state index contributed by atoms with van der Waals surface area (Å²) in [6.07, 6.45) is 0.947. The minimum atomic E-state index is -0.269. The van der Waals surface area contributed by atoms with E-state index < -0.39 is 0 Å². The number of hydrogen-bond donors (Lipinski definition) is 1. The number of carbonyl (C=O) groups is 2. The Hall–Kier alpha value is -3.02. The van der Waals surface area contributed by atoms with Crippen LogP contribution >= 0.6 is 0 Å². The maximum absolute atomic E-state index is 12.3. The average Bonchev–Trinajstić information content (AvgIpc) is 2.73. The number of ether oxygens (including phenoxy) is 2. The van der Waals surface area contributed by atoms with Gasteiger partial charge in [0, 0.05) is 24.3 Å². The molecule has 0 saturated heterocycles. The van der Waals surface area contributed by atoms with Gasteiger partial charge in [0.2, 0.25) is 0 Å². The lowest BCUT2D eigenvalue weighted by Gasteiger charge is -2.18. The van der Waals surface area contributed by atoms with Crippen molar-refractivity contribution in [2.24, 2.45) is 0 Å². The molecule has 0 radical (unpaired) electrons. The molecule has 6 heteroatoms. The second-order valence-corrected chi connectivity index (χ2v) is 6.21. The Morgan fingerprint density at radius 1 is 0.857 bits per heavy atom. The Kier molecular flexibility index (Phi) is 8.34. The molecule has 6 nitrogen and oxygen atoms in total. The molecule has 2 aromatic rings. The number of nitrogens with zero attached hydrogens (tertiary/aromatic N) is 1. The molecule has 0 atom stereocenters. The van der Waals surface area contributed by atoms with Crippen LogP contribution in [0.4, 0.5) is 5.69 Å². The zero-order valence-corrected chi connectivity index (χ0v) is 16.7. The average molecular weight is 384 g/mol. The summed E-state index contributed by atoms with van der Waals surface area (Å²) in [5.41, 5.74) is 1.22. The van der Waals surface area contributed by atoms with Crippen LogP contribution in [-0.4, -0.2) is 43.0 Å². The van der Waals surface area contributed by atoms with Gasteiger partial charge in [-0.25, -0.2) is 0 Å². The van der Waals surface area contributed by atoms with E-state index in [1.54, 1.807) is 41.3 Å². The third-order valence-electron chi connectivity index (χ3n) is 4.13.